The molecule has 1 aliphatic heterocycles. The third-order valence-corrected chi connectivity index (χ3v) is 7.68. The minimum Gasteiger partial charge on any atom is -0.296 e. The number of aromatic nitrogens is 2. The fourth-order valence-electron chi connectivity index (χ4n) is 3.04. The topological polar surface area (TPSA) is 92.3 Å². The van der Waals surface area contributed by atoms with Crippen molar-refractivity contribution in [3.05, 3.63) is 59.1 Å². The molecule has 2 aromatic carbocycles. The first-order valence-electron chi connectivity index (χ1n) is 8.95. The zero-order valence-corrected chi connectivity index (χ0v) is 17.6. The van der Waals surface area contributed by atoms with Gasteiger partial charge in [-0.3, -0.25) is 10.1 Å². The Morgan fingerprint density at radius 2 is 1.72 bits per heavy atom. The van der Waals surface area contributed by atoms with E-state index in [0.29, 0.717) is 33.8 Å². The Kier molecular flexibility index (Phi) is 5.64. The Morgan fingerprint density at radius 3 is 2.41 bits per heavy atom. The highest BCUT2D eigenvalue weighted by molar-refractivity contribution is 7.89. The maximum atomic E-state index is 12.6. The van der Waals surface area contributed by atoms with E-state index < -0.39 is 15.9 Å². The predicted molar refractivity (Wildman–Crippen MR) is 113 cm³/mol. The van der Waals surface area contributed by atoms with Gasteiger partial charge in [0.1, 0.15) is 0 Å². The van der Waals surface area contributed by atoms with Crippen molar-refractivity contribution in [1.82, 2.24) is 14.5 Å². The van der Waals surface area contributed by atoms with Gasteiger partial charge >= 0.3 is 0 Å². The van der Waals surface area contributed by atoms with Crippen molar-refractivity contribution in [2.45, 2.75) is 17.7 Å². The zero-order valence-electron chi connectivity index (χ0n) is 15.2. The number of hydrogen-bond acceptors (Lipinski definition) is 6. The molecule has 1 amide bonds. The Hall–Kier alpha value is -2.33. The van der Waals surface area contributed by atoms with Gasteiger partial charge in [0.25, 0.3) is 5.91 Å². The monoisotopic (exact) mass is 448 g/mol. The molecule has 1 aromatic heterocycles. The largest absolute Gasteiger partial charge is 0.296 e. The van der Waals surface area contributed by atoms with Crippen LogP contribution in [0.3, 0.4) is 0 Å². The van der Waals surface area contributed by atoms with Crippen LogP contribution >= 0.6 is 22.9 Å². The van der Waals surface area contributed by atoms with Gasteiger partial charge in [-0.25, -0.2) is 8.42 Å². The summed E-state index contributed by atoms with van der Waals surface area (Å²) in [5, 5.41) is 12.2. The minimum absolute atomic E-state index is 0.188. The van der Waals surface area contributed by atoms with E-state index in [2.05, 4.69) is 15.5 Å². The first kappa shape index (κ1) is 20.0. The van der Waals surface area contributed by atoms with Crippen molar-refractivity contribution in [2.75, 3.05) is 18.4 Å². The quantitative estimate of drug-likeness (QED) is 0.639. The molecule has 0 radical (unpaired) electrons. The zero-order chi connectivity index (χ0) is 20.4. The highest BCUT2D eigenvalue weighted by atomic mass is 35.5. The number of halogens is 1. The number of carbonyl (C=O) groups excluding carboxylic acids is 1. The van der Waals surface area contributed by atoms with Crippen LogP contribution in [0.2, 0.25) is 5.02 Å². The fraction of sp³-hybridized carbons (Fsp3) is 0.211. The van der Waals surface area contributed by atoms with Gasteiger partial charge < -0.3 is 0 Å². The predicted octanol–water partition coefficient (Wildman–Crippen LogP) is 3.90. The van der Waals surface area contributed by atoms with Gasteiger partial charge in [-0.15, -0.1) is 10.2 Å². The summed E-state index contributed by atoms with van der Waals surface area (Å²) in [5.74, 6) is -0.392. The van der Waals surface area contributed by atoms with Crippen molar-refractivity contribution in [3.63, 3.8) is 0 Å². The molecule has 0 unspecified atom stereocenters. The van der Waals surface area contributed by atoms with Gasteiger partial charge in [0.2, 0.25) is 15.2 Å². The van der Waals surface area contributed by atoms with Crippen LogP contribution in [-0.4, -0.2) is 41.9 Å². The molecule has 3 aromatic rings. The molecule has 1 N–H and O–H groups in total. The van der Waals surface area contributed by atoms with E-state index in [1.165, 1.54) is 39.9 Å². The molecule has 0 bridgehead atoms. The number of carbonyl (C=O) groups is 1. The third kappa shape index (κ3) is 4.18. The average molecular weight is 449 g/mol. The Balaban J connectivity index is 1.47. The number of nitrogens with one attached hydrogen (secondary N) is 1. The van der Waals surface area contributed by atoms with E-state index >= 15 is 0 Å². The highest BCUT2D eigenvalue weighted by Crippen LogP contribution is 2.31. The molecule has 150 valence electrons. The molecular formula is C19H17ClN4O3S2. The lowest BCUT2D eigenvalue weighted by atomic mass is 10.2. The summed E-state index contributed by atoms with van der Waals surface area (Å²) < 4.78 is 26.6. The van der Waals surface area contributed by atoms with Gasteiger partial charge in [0, 0.05) is 24.2 Å². The van der Waals surface area contributed by atoms with E-state index in [1.807, 2.05) is 18.2 Å². The lowest BCUT2D eigenvalue weighted by Crippen LogP contribution is -2.27. The summed E-state index contributed by atoms with van der Waals surface area (Å²) in [5.41, 5.74) is 1.07. The Bertz CT molecular complexity index is 1140. The first-order valence-corrected chi connectivity index (χ1v) is 11.6. The molecule has 1 saturated heterocycles. The molecule has 10 heteroatoms. The number of amides is 1. The van der Waals surface area contributed by atoms with E-state index in [0.717, 1.165) is 18.4 Å². The molecule has 2 heterocycles. The van der Waals surface area contributed by atoms with Crippen LogP contribution in [0.1, 0.15) is 23.2 Å². The first-order chi connectivity index (χ1) is 13.9. The van der Waals surface area contributed by atoms with Crippen LogP contribution in [0, 0.1) is 0 Å². The summed E-state index contributed by atoms with van der Waals surface area (Å²) in [7, 11) is -3.50. The van der Waals surface area contributed by atoms with Crippen LogP contribution in [0.25, 0.3) is 10.6 Å². The molecule has 1 aliphatic rings. The third-order valence-electron chi connectivity index (χ3n) is 4.57. The van der Waals surface area contributed by atoms with E-state index in [1.54, 1.807) is 6.07 Å². The van der Waals surface area contributed by atoms with Gasteiger partial charge in [0.05, 0.1) is 9.92 Å². The molecule has 4 rings (SSSR count). The average Bonchev–Trinajstić information content (AvgIpc) is 3.41. The second-order valence-corrected chi connectivity index (χ2v) is 9.80. The molecule has 1 fully saturated rings. The molecule has 0 atom stereocenters. The smallest absolute Gasteiger partial charge is 0.257 e. The maximum absolute atomic E-state index is 12.6. The second-order valence-electron chi connectivity index (χ2n) is 6.48. The summed E-state index contributed by atoms with van der Waals surface area (Å²) >= 11 is 7.37. The summed E-state index contributed by atoms with van der Waals surface area (Å²) in [6, 6.07) is 13.2. The molecule has 0 saturated carbocycles. The van der Waals surface area contributed by atoms with Gasteiger partial charge in [0.15, 0.2) is 5.01 Å². The molecule has 29 heavy (non-hydrogen) atoms. The summed E-state index contributed by atoms with van der Waals surface area (Å²) in [6.07, 6.45) is 1.75. The number of hydrogen-bond donors (Lipinski definition) is 1. The number of nitrogens with zero attached hydrogens (tertiary/aromatic N) is 3. The van der Waals surface area contributed by atoms with Crippen molar-refractivity contribution >= 4 is 44.0 Å². The maximum Gasteiger partial charge on any atom is 0.257 e. The molecule has 7 nitrogen and oxygen atoms in total. The lowest BCUT2D eigenvalue weighted by molar-refractivity contribution is 0.102. The Morgan fingerprint density at radius 1 is 1.03 bits per heavy atom. The van der Waals surface area contributed by atoms with Crippen molar-refractivity contribution in [3.8, 4) is 10.6 Å². The molecule has 0 aliphatic carbocycles. The van der Waals surface area contributed by atoms with Crippen LogP contribution < -0.4 is 5.32 Å². The van der Waals surface area contributed by atoms with Gasteiger partial charge in [-0.2, -0.15) is 4.31 Å². The number of sulfonamides is 1. The van der Waals surface area contributed by atoms with Crippen molar-refractivity contribution in [2.24, 2.45) is 0 Å². The van der Waals surface area contributed by atoms with Gasteiger partial charge in [-0.1, -0.05) is 41.1 Å². The lowest BCUT2D eigenvalue weighted by Gasteiger charge is -2.15. The van der Waals surface area contributed by atoms with E-state index in [9.17, 15) is 13.2 Å². The summed E-state index contributed by atoms with van der Waals surface area (Å²) in [6.45, 7) is 1.07. The Labute approximate surface area is 177 Å². The minimum atomic E-state index is -3.50. The standard InChI is InChI=1S/C19H17ClN4O3S2/c20-16-6-2-1-5-15(16)18-22-23-19(28-18)21-17(25)13-7-9-14(10-8-13)29(26,27)24-11-3-4-12-24/h1-2,5-10H,3-4,11-12H2,(H,21,23,25). The van der Waals surface area contributed by atoms with Crippen LogP contribution in [0.4, 0.5) is 5.13 Å². The van der Waals surface area contributed by atoms with Crippen molar-refractivity contribution < 1.29 is 13.2 Å². The fourth-order valence-corrected chi connectivity index (χ4v) is 5.62. The van der Waals surface area contributed by atoms with Crippen LogP contribution in [0.15, 0.2) is 53.4 Å². The second kappa shape index (κ2) is 8.19. The van der Waals surface area contributed by atoms with Gasteiger partial charge in [-0.05, 0) is 43.2 Å². The molecular weight excluding hydrogens is 432 g/mol. The molecule has 0 spiro atoms. The van der Waals surface area contributed by atoms with E-state index in [-0.39, 0.29) is 4.90 Å². The van der Waals surface area contributed by atoms with Crippen molar-refractivity contribution in [1.29, 1.82) is 0 Å². The van der Waals surface area contributed by atoms with E-state index in [4.69, 9.17) is 11.6 Å². The number of benzene rings is 2. The normalized spacial score (nSPS) is 14.8. The summed E-state index contributed by atoms with van der Waals surface area (Å²) in [4.78, 5) is 12.7. The number of anilines is 1. The number of rotatable bonds is 5. The highest BCUT2D eigenvalue weighted by Gasteiger charge is 2.27. The van der Waals surface area contributed by atoms with Crippen LogP contribution in [0.5, 0.6) is 0 Å². The SMILES string of the molecule is O=C(Nc1nnc(-c2ccccc2Cl)s1)c1ccc(S(=O)(=O)N2CCCC2)cc1. The van der Waals surface area contributed by atoms with Crippen LogP contribution in [-0.2, 0) is 10.0 Å².